The zero-order chi connectivity index (χ0) is 62.3. The number of allylic oxidation sites excluding steroid dienone is 2. The van der Waals surface area contributed by atoms with Crippen LogP contribution in [0.15, 0.2) is 11.6 Å². The highest BCUT2D eigenvalue weighted by Gasteiger charge is 2.73. The summed E-state index contributed by atoms with van der Waals surface area (Å²) in [6, 6.07) is 0. The lowest BCUT2D eigenvalue weighted by atomic mass is 9.33. The molecule has 5 saturated heterocycles. The molecule has 10 aliphatic rings. The summed E-state index contributed by atoms with van der Waals surface area (Å²) < 4.78 is 59.6. The van der Waals surface area contributed by atoms with Gasteiger partial charge in [-0.1, -0.05) is 53.2 Å². The molecule has 5 aliphatic heterocycles. The first-order valence-corrected chi connectivity index (χ1v) is 30.5. The Morgan fingerprint density at radius 2 is 1.05 bits per heavy atom. The van der Waals surface area contributed by atoms with E-state index >= 15 is 4.79 Å². The standard InChI is InChI=1S/C59H96O26/c1-22-33(64)36(67)40(71)49(77-22)82-45-29(62)20-76-48(43(45)74)81-44-25(4)80-50(42(73)39(44)70)83-46-38(69)35(66)24(3)79-52(46)85-53(75)59-16-15-54(5,6)17-27(59)26-11-12-31-55(7)18-28(61)47(84-51-41(72)37(68)34(65)23(2)78-51)56(8,21-60)30(55)13-14-57(31,9)58(26,10)19-32(59)63/h11,22-25,27-52,60-74H,12-21H2,1-10H3/t22-,23-,24+,25-,27-,28-,29+,30+,31+,32+,33-,34-,35-,36+,37+,38-,39-,40+,41+,42+,43+,44-,45-,46+,47-,48-,49-,50-,51-,52-,55-,56-,57+,58+,59+/m0/s1. The van der Waals surface area contributed by atoms with Crippen LogP contribution in [0.5, 0.6) is 0 Å². The monoisotopic (exact) mass is 1220 g/mol. The van der Waals surface area contributed by atoms with Gasteiger partial charge >= 0.3 is 5.97 Å². The molecule has 26 heteroatoms. The van der Waals surface area contributed by atoms with Gasteiger partial charge in [0.2, 0.25) is 6.29 Å². The third-order valence-electron chi connectivity index (χ3n) is 23.1. The Morgan fingerprint density at radius 3 is 1.65 bits per heavy atom. The van der Waals surface area contributed by atoms with Crippen molar-refractivity contribution in [2.75, 3.05) is 13.2 Å². The lowest BCUT2D eigenvalue weighted by Gasteiger charge is -2.72. The van der Waals surface area contributed by atoms with Crippen LogP contribution in [-0.4, -0.2) is 262 Å². The van der Waals surface area contributed by atoms with Crippen LogP contribution in [0.1, 0.15) is 121 Å². The Kier molecular flexibility index (Phi) is 18.5. The van der Waals surface area contributed by atoms with E-state index in [9.17, 15) is 76.6 Å². The van der Waals surface area contributed by atoms with Crippen molar-refractivity contribution in [3.63, 3.8) is 0 Å². The third-order valence-corrected chi connectivity index (χ3v) is 23.1. The minimum absolute atomic E-state index is 0.113. The summed E-state index contributed by atoms with van der Waals surface area (Å²) in [5.74, 6) is -1.74. The molecule has 10 rings (SSSR count). The van der Waals surface area contributed by atoms with E-state index in [1.54, 1.807) is 6.92 Å². The number of rotatable bonds is 11. The van der Waals surface area contributed by atoms with Gasteiger partial charge in [-0.25, -0.2) is 0 Å². The molecule has 15 N–H and O–H groups in total. The lowest BCUT2D eigenvalue weighted by Crippen LogP contribution is -2.70. The van der Waals surface area contributed by atoms with E-state index in [0.29, 0.717) is 32.1 Å². The smallest absolute Gasteiger partial charge is 0.317 e. The van der Waals surface area contributed by atoms with E-state index in [2.05, 4.69) is 40.7 Å². The molecule has 0 amide bonds. The van der Waals surface area contributed by atoms with Gasteiger partial charge in [0.25, 0.3) is 0 Å². The number of hydrogen-bond acceptors (Lipinski definition) is 26. The van der Waals surface area contributed by atoms with Crippen LogP contribution < -0.4 is 0 Å². The van der Waals surface area contributed by atoms with E-state index < -0.39 is 211 Å². The van der Waals surface area contributed by atoms with E-state index in [1.807, 2.05) is 6.92 Å². The molecule has 0 radical (unpaired) electrons. The maximum absolute atomic E-state index is 15.5. The highest BCUT2D eigenvalue weighted by molar-refractivity contribution is 5.80. The second-order valence-electron chi connectivity index (χ2n) is 28.7. The SMILES string of the molecule is C[C@@H]1O[C@@H](O[C@@H]2[C@@H](O)[C@H](O[C@@H]3[C@@H](O)[C@@H](O)[C@H](O[C@H]4[C@H](OC(=O)[C@]56CCC(C)(C)C[C@H]5C5=CC[C@@H]7[C@@]8(C)C[C@H](O)[C@H](O[C@@H]9O[C@@H](C)[C@H](O)[C@@H](O)[C@H]9O)[C@@](C)(CO)[C@@H]8CC[C@@]7(C)[C@]5(C)C[C@H]6O)O[C@H](C)[C@H](O)[C@@H]4O)O[C@H]3C)OC[C@H]2O)[C@H](O)[C@H](O)[C@H]1O. The molecule has 0 bridgehead atoms. The predicted octanol–water partition coefficient (Wildman–Crippen LogP) is -2.55. The van der Waals surface area contributed by atoms with Crippen LogP contribution in [-0.2, 0) is 52.2 Å². The van der Waals surface area contributed by atoms with Gasteiger partial charge in [-0.05, 0) is 118 Å². The summed E-state index contributed by atoms with van der Waals surface area (Å²) in [5.41, 5.74) is -3.80. The molecule has 0 unspecified atom stereocenters. The van der Waals surface area contributed by atoms with Crippen LogP contribution in [0.25, 0.3) is 0 Å². The van der Waals surface area contributed by atoms with Crippen LogP contribution in [0, 0.1) is 50.2 Å². The number of aliphatic hydroxyl groups is 15. The lowest BCUT2D eigenvalue weighted by molar-refractivity contribution is -0.380. The summed E-state index contributed by atoms with van der Waals surface area (Å²) in [5, 5.41) is 168. The number of ether oxygens (including phenoxy) is 10. The first-order chi connectivity index (χ1) is 39.6. The van der Waals surface area contributed by atoms with Crippen molar-refractivity contribution in [1.29, 1.82) is 0 Å². The first-order valence-electron chi connectivity index (χ1n) is 30.5. The van der Waals surface area contributed by atoms with Gasteiger partial charge in [-0.2, -0.15) is 0 Å². The fourth-order valence-corrected chi connectivity index (χ4v) is 17.8. The van der Waals surface area contributed by atoms with Crippen molar-refractivity contribution < 1.29 is 129 Å². The van der Waals surface area contributed by atoms with Gasteiger partial charge in [0.15, 0.2) is 31.3 Å². The second-order valence-corrected chi connectivity index (χ2v) is 28.7. The summed E-state index contributed by atoms with van der Waals surface area (Å²) in [4.78, 5) is 15.5. The number of esters is 1. The van der Waals surface area contributed by atoms with E-state index in [0.717, 1.165) is 5.57 Å². The van der Waals surface area contributed by atoms with Gasteiger partial charge in [0.1, 0.15) is 90.9 Å². The molecule has 4 saturated carbocycles. The van der Waals surface area contributed by atoms with Crippen LogP contribution in [0.2, 0.25) is 0 Å². The molecular weight excluding hydrogens is 1120 g/mol. The number of fused-ring (bicyclic) bond motifs is 7. The Bertz CT molecular complexity index is 2400. The minimum atomic E-state index is -1.98. The zero-order valence-corrected chi connectivity index (χ0v) is 50.2. The van der Waals surface area contributed by atoms with Crippen LogP contribution >= 0.6 is 0 Å². The number of hydrogen-bond donors (Lipinski definition) is 15. The Morgan fingerprint density at radius 1 is 0.529 bits per heavy atom. The highest BCUT2D eigenvalue weighted by atomic mass is 16.8. The molecule has 85 heavy (non-hydrogen) atoms. The van der Waals surface area contributed by atoms with Crippen molar-refractivity contribution in [2.45, 2.75) is 286 Å². The number of aliphatic hydroxyl groups excluding tert-OH is 15. The van der Waals surface area contributed by atoms with Gasteiger partial charge in [0.05, 0.1) is 55.9 Å². The highest BCUT2D eigenvalue weighted by Crippen LogP contribution is 2.76. The van der Waals surface area contributed by atoms with Crippen molar-refractivity contribution >= 4 is 5.97 Å². The molecule has 0 aromatic rings. The van der Waals surface area contributed by atoms with E-state index in [4.69, 9.17) is 47.4 Å². The Balaban J connectivity index is 0.865. The Hall–Kier alpha value is -1.75. The maximum Gasteiger partial charge on any atom is 0.317 e. The molecule has 488 valence electrons. The molecule has 0 spiro atoms. The second kappa shape index (κ2) is 23.7. The normalized spacial score (nSPS) is 57.0. The van der Waals surface area contributed by atoms with E-state index in [-0.39, 0.29) is 43.1 Å². The molecule has 35 atom stereocenters. The predicted molar refractivity (Wildman–Crippen MR) is 288 cm³/mol. The molecule has 5 heterocycles. The summed E-state index contributed by atoms with van der Waals surface area (Å²) in [6.07, 6.45) is -35.2. The molecule has 0 aromatic heterocycles. The van der Waals surface area contributed by atoms with Gasteiger partial charge < -0.3 is 124 Å². The molecule has 26 nitrogen and oxygen atoms in total. The molecular formula is C59H96O26. The fraction of sp³-hybridized carbons (Fsp3) is 0.949. The quantitative estimate of drug-likeness (QED) is 0.0575. The number of carbonyl (C=O) groups excluding carboxylic acids is 1. The minimum Gasteiger partial charge on any atom is -0.432 e. The maximum atomic E-state index is 15.5. The van der Waals surface area contributed by atoms with Gasteiger partial charge in [0, 0.05) is 5.41 Å². The topological polar surface area (TPSA) is 413 Å². The average molecular weight is 1220 g/mol. The summed E-state index contributed by atoms with van der Waals surface area (Å²) in [6.45, 7) is 17.6. The number of carbonyl (C=O) groups is 1. The van der Waals surface area contributed by atoms with Crippen LogP contribution in [0.3, 0.4) is 0 Å². The average Bonchev–Trinajstić information content (AvgIpc) is 0.676. The van der Waals surface area contributed by atoms with Crippen molar-refractivity contribution in [3.05, 3.63) is 11.6 Å². The van der Waals surface area contributed by atoms with Gasteiger partial charge in [-0.3, -0.25) is 4.79 Å². The third kappa shape index (κ3) is 10.7. The van der Waals surface area contributed by atoms with Gasteiger partial charge in [-0.15, -0.1) is 0 Å². The fourth-order valence-electron chi connectivity index (χ4n) is 17.8. The van der Waals surface area contributed by atoms with Crippen molar-refractivity contribution in [1.82, 2.24) is 0 Å². The molecule has 9 fully saturated rings. The van der Waals surface area contributed by atoms with Crippen molar-refractivity contribution in [3.8, 4) is 0 Å². The van der Waals surface area contributed by atoms with Crippen LogP contribution in [0.4, 0.5) is 0 Å². The summed E-state index contributed by atoms with van der Waals surface area (Å²) in [7, 11) is 0. The molecule has 5 aliphatic carbocycles. The molecule has 0 aromatic carbocycles. The largest absolute Gasteiger partial charge is 0.432 e. The summed E-state index contributed by atoms with van der Waals surface area (Å²) >= 11 is 0. The zero-order valence-electron chi connectivity index (χ0n) is 50.2. The van der Waals surface area contributed by atoms with Crippen molar-refractivity contribution in [2.24, 2.45) is 50.2 Å². The first kappa shape index (κ1) is 66.2. The van der Waals surface area contributed by atoms with E-state index in [1.165, 1.54) is 20.8 Å². The Labute approximate surface area is 494 Å².